The van der Waals surface area contributed by atoms with Crippen molar-refractivity contribution in [2.24, 2.45) is 0 Å². The third-order valence-corrected chi connectivity index (χ3v) is 3.14. The van der Waals surface area contributed by atoms with Gasteiger partial charge in [-0.05, 0) is 44.2 Å². The molecule has 0 saturated heterocycles. The molecule has 0 spiro atoms. The molecule has 2 N–H and O–H groups in total. The summed E-state index contributed by atoms with van der Waals surface area (Å²) < 4.78 is 1.83. The summed E-state index contributed by atoms with van der Waals surface area (Å²) in [5, 5.41) is 9.83. The number of aromatic nitrogens is 2. The predicted molar refractivity (Wildman–Crippen MR) is 85.7 cm³/mol. The van der Waals surface area contributed by atoms with Gasteiger partial charge in [0.15, 0.2) is 0 Å². The Kier molecular flexibility index (Phi) is 4.93. The zero-order valence-electron chi connectivity index (χ0n) is 13.0. The molecule has 2 amide bonds. The average Bonchev–Trinajstić information content (AvgIpc) is 2.76. The topological polar surface area (TPSA) is 76.0 Å². The minimum atomic E-state index is -0.123. The van der Waals surface area contributed by atoms with Gasteiger partial charge in [-0.15, -0.1) is 0 Å². The Morgan fingerprint density at radius 3 is 2.18 bits per heavy atom. The van der Waals surface area contributed by atoms with Crippen molar-refractivity contribution >= 4 is 23.2 Å². The first-order valence-electron chi connectivity index (χ1n) is 7.12. The number of rotatable bonds is 5. The highest BCUT2D eigenvalue weighted by Crippen LogP contribution is 2.14. The highest BCUT2D eigenvalue weighted by Gasteiger charge is 2.06. The monoisotopic (exact) mass is 300 g/mol. The van der Waals surface area contributed by atoms with E-state index in [4.69, 9.17) is 0 Å². The lowest BCUT2D eigenvalue weighted by atomic mass is 10.2. The van der Waals surface area contributed by atoms with Crippen LogP contribution in [-0.2, 0) is 16.1 Å². The van der Waals surface area contributed by atoms with Crippen molar-refractivity contribution < 1.29 is 9.59 Å². The van der Waals surface area contributed by atoms with Crippen molar-refractivity contribution in [1.29, 1.82) is 0 Å². The van der Waals surface area contributed by atoms with E-state index in [1.165, 1.54) is 6.92 Å². The quantitative estimate of drug-likeness (QED) is 0.890. The van der Waals surface area contributed by atoms with Gasteiger partial charge in [-0.3, -0.25) is 14.3 Å². The van der Waals surface area contributed by atoms with E-state index >= 15 is 0 Å². The maximum atomic E-state index is 11.9. The summed E-state index contributed by atoms with van der Waals surface area (Å²) >= 11 is 0. The van der Waals surface area contributed by atoms with Gasteiger partial charge in [-0.1, -0.05) is 0 Å². The summed E-state index contributed by atoms with van der Waals surface area (Å²) in [5.74, 6) is -0.193. The van der Waals surface area contributed by atoms with Crippen LogP contribution in [-0.4, -0.2) is 21.6 Å². The van der Waals surface area contributed by atoms with Crippen LogP contribution in [0.15, 0.2) is 30.3 Å². The standard InChI is InChI=1S/C16H20N4O2/c1-11-10-12(2)20(19-11)9-8-16(22)18-15-6-4-14(5-7-15)17-13(3)21/h4-7,10H,8-9H2,1-3H3,(H,17,21)(H,18,22). The second-order valence-corrected chi connectivity index (χ2v) is 5.21. The van der Waals surface area contributed by atoms with Crippen molar-refractivity contribution in [3.8, 4) is 0 Å². The lowest BCUT2D eigenvalue weighted by Gasteiger charge is -2.08. The molecule has 2 aromatic rings. The molecule has 0 aliphatic heterocycles. The minimum absolute atomic E-state index is 0.0696. The zero-order chi connectivity index (χ0) is 16.1. The number of benzene rings is 1. The molecule has 0 aliphatic rings. The molecule has 1 heterocycles. The Labute approximate surface area is 129 Å². The fraction of sp³-hybridized carbons (Fsp3) is 0.312. The van der Waals surface area contributed by atoms with E-state index in [9.17, 15) is 9.59 Å². The van der Waals surface area contributed by atoms with Crippen LogP contribution >= 0.6 is 0 Å². The maximum absolute atomic E-state index is 11.9. The summed E-state index contributed by atoms with van der Waals surface area (Å²) in [4.78, 5) is 22.9. The highest BCUT2D eigenvalue weighted by atomic mass is 16.2. The van der Waals surface area contributed by atoms with Crippen molar-refractivity contribution in [3.05, 3.63) is 41.7 Å². The van der Waals surface area contributed by atoms with Crippen LogP contribution in [0.3, 0.4) is 0 Å². The molecular formula is C16H20N4O2. The number of carbonyl (C=O) groups excluding carboxylic acids is 2. The number of hydrogen-bond acceptors (Lipinski definition) is 3. The Morgan fingerprint density at radius 2 is 1.68 bits per heavy atom. The van der Waals surface area contributed by atoms with Gasteiger partial charge >= 0.3 is 0 Å². The lowest BCUT2D eigenvalue weighted by molar-refractivity contribution is -0.116. The van der Waals surface area contributed by atoms with Crippen molar-refractivity contribution in [3.63, 3.8) is 0 Å². The van der Waals surface area contributed by atoms with E-state index in [0.29, 0.717) is 24.3 Å². The first-order chi connectivity index (χ1) is 10.4. The van der Waals surface area contributed by atoms with Gasteiger partial charge in [0, 0.05) is 37.0 Å². The van der Waals surface area contributed by atoms with Gasteiger partial charge < -0.3 is 10.6 Å². The predicted octanol–water partition coefficient (Wildman–Crippen LogP) is 2.49. The van der Waals surface area contributed by atoms with Gasteiger partial charge in [0.2, 0.25) is 11.8 Å². The van der Waals surface area contributed by atoms with Gasteiger partial charge in [-0.25, -0.2) is 0 Å². The lowest BCUT2D eigenvalue weighted by Crippen LogP contribution is -2.15. The van der Waals surface area contributed by atoms with Crippen LogP contribution in [0.4, 0.5) is 11.4 Å². The van der Waals surface area contributed by atoms with E-state index < -0.39 is 0 Å². The maximum Gasteiger partial charge on any atom is 0.226 e. The molecule has 22 heavy (non-hydrogen) atoms. The Bertz CT molecular complexity index is 674. The highest BCUT2D eigenvalue weighted by molar-refractivity contribution is 5.92. The van der Waals surface area contributed by atoms with Gasteiger partial charge in [0.1, 0.15) is 0 Å². The number of amides is 2. The van der Waals surface area contributed by atoms with E-state index in [1.54, 1.807) is 24.3 Å². The van der Waals surface area contributed by atoms with Crippen LogP contribution in [0.1, 0.15) is 24.7 Å². The Balaban J connectivity index is 1.86. The van der Waals surface area contributed by atoms with E-state index in [1.807, 2.05) is 24.6 Å². The number of aryl methyl sites for hydroxylation is 3. The molecule has 6 heteroatoms. The Hall–Kier alpha value is -2.63. The molecule has 1 aromatic carbocycles. The fourth-order valence-corrected chi connectivity index (χ4v) is 2.17. The third kappa shape index (κ3) is 4.44. The van der Waals surface area contributed by atoms with Crippen LogP contribution in [0, 0.1) is 13.8 Å². The third-order valence-electron chi connectivity index (χ3n) is 3.14. The first-order valence-corrected chi connectivity index (χ1v) is 7.12. The smallest absolute Gasteiger partial charge is 0.226 e. The second kappa shape index (κ2) is 6.89. The number of nitrogens with zero attached hydrogens (tertiary/aromatic N) is 2. The van der Waals surface area contributed by atoms with Crippen molar-refractivity contribution in [2.45, 2.75) is 33.7 Å². The number of anilines is 2. The molecule has 0 saturated carbocycles. The molecule has 6 nitrogen and oxygen atoms in total. The van der Waals surface area contributed by atoms with E-state index in [0.717, 1.165) is 11.4 Å². The normalized spacial score (nSPS) is 10.3. The molecule has 0 radical (unpaired) electrons. The molecule has 0 fully saturated rings. The van der Waals surface area contributed by atoms with Crippen LogP contribution in [0.5, 0.6) is 0 Å². The van der Waals surface area contributed by atoms with E-state index in [2.05, 4.69) is 15.7 Å². The molecule has 116 valence electrons. The molecule has 0 aliphatic carbocycles. The molecule has 0 atom stereocenters. The average molecular weight is 300 g/mol. The largest absolute Gasteiger partial charge is 0.326 e. The summed E-state index contributed by atoms with van der Waals surface area (Å²) in [6, 6.07) is 8.99. The summed E-state index contributed by atoms with van der Waals surface area (Å²) in [6.07, 6.45) is 0.357. The molecule has 2 rings (SSSR count). The number of hydrogen-bond donors (Lipinski definition) is 2. The van der Waals surface area contributed by atoms with Crippen molar-refractivity contribution in [1.82, 2.24) is 9.78 Å². The second-order valence-electron chi connectivity index (χ2n) is 5.21. The van der Waals surface area contributed by atoms with Gasteiger partial charge in [0.05, 0.1) is 5.69 Å². The van der Waals surface area contributed by atoms with E-state index in [-0.39, 0.29) is 11.8 Å². The first kappa shape index (κ1) is 15.8. The zero-order valence-corrected chi connectivity index (χ0v) is 13.0. The van der Waals surface area contributed by atoms with Crippen LogP contribution in [0.2, 0.25) is 0 Å². The Morgan fingerprint density at radius 1 is 1.09 bits per heavy atom. The van der Waals surface area contributed by atoms with Gasteiger partial charge in [-0.2, -0.15) is 5.10 Å². The summed E-state index contributed by atoms with van der Waals surface area (Å²) in [5.41, 5.74) is 3.40. The molecule has 0 unspecified atom stereocenters. The summed E-state index contributed by atoms with van der Waals surface area (Å²) in [6.45, 7) is 5.91. The van der Waals surface area contributed by atoms with Crippen molar-refractivity contribution in [2.75, 3.05) is 10.6 Å². The fourth-order valence-electron chi connectivity index (χ4n) is 2.17. The number of nitrogens with one attached hydrogen (secondary N) is 2. The summed E-state index contributed by atoms with van der Waals surface area (Å²) in [7, 11) is 0. The number of carbonyl (C=O) groups is 2. The SMILES string of the molecule is CC(=O)Nc1ccc(NC(=O)CCn2nc(C)cc2C)cc1. The van der Waals surface area contributed by atoms with Crippen LogP contribution < -0.4 is 10.6 Å². The van der Waals surface area contributed by atoms with Crippen LogP contribution in [0.25, 0.3) is 0 Å². The van der Waals surface area contributed by atoms with Gasteiger partial charge in [0.25, 0.3) is 0 Å². The molecule has 0 bridgehead atoms. The molecule has 1 aromatic heterocycles. The molecular weight excluding hydrogens is 280 g/mol. The minimum Gasteiger partial charge on any atom is -0.326 e.